The van der Waals surface area contributed by atoms with E-state index in [1.165, 1.54) is 0 Å². The molecule has 1 atom stereocenters. The third-order valence-corrected chi connectivity index (χ3v) is 3.31. The number of rotatable bonds is 3. The van der Waals surface area contributed by atoms with Gasteiger partial charge in [0.2, 0.25) is 0 Å². The molecule has 82 valence electrons. The van der Waals surface area contributed by atoms with Crippen LogP contribution >= 0.6 is 22.6 Å². The van der Waals surface area contributed by atoms with Crippen LogP contribution in [0.5, 0.6) is 0 Å². The van der Waals surface area contributed by atoms with Crippen molar-refractivity contribution in [2.75, 3.05) is 7.05 Å². The topological polar surface area (TPSA) is 20.3 Å². The van der Waals surface area contributed by atoms with Gasteiger partial charge in [-0.15, -0.1) is 0 Å². The Balaban J connectivity index is 2.85. The van der Waals surface area contributed by atoms with E-state index in [4.69, 9.17) is 0 Å². The van der Waals surface area contributed by atoms with E-state index in [9.17, 15) is 4.79 Å². The number of hydrogen-bond acceptors (Lipinski definition) is 1. The van der Waals surface area contributed by atoms with Crippen LogP contribution in [0.25, 0.3) is 0 Å². The molecule has 3 heteroatoms. The molecule has 0 heterocycles. The van der Waals surface area contributed by atoms with Crippen LogP contribution in [0.15, 0.2) is 24.3 Å². The summed E-state index contributed by atoms with van der Waals surface area (Å²) >= 11 is 2.22. The minimum atomic E-state index is 0.0999. The monoisotopic (exact) mass is 317 g/mol. The first-order chi connectivity index (χ1) is 7.06. The third kappa shape index (κ3) is 3.19. The van der Waals surface area contributed by atoms with Gasteiger partial charge in [0.15, 0.2) is 0 Å². The largest absolute Gasteiger partial charge is 0.339 e. The van der Waals surface area contributed by atoms with E-state index in [0.717, 1.165) is 15.6 Å². The highest BCUT2D eigenvalue weighted by Crippen LogP contribution is 2.12. The van der Waals surface area contributed by atoms with Gasteiger partial charge in [-0.2, -0.15) is 0 Å². The molecule has 0 radical (unpaired) electrons. The lowest BCUT2D eigenvalue weighted by molar-refractivity contribution is 0.0740. The van der Waals surface area contributed by atoms with Gasteiger partial charge in [0.25, 0.3) is 5.91 Å². The van der Waals surface area contributed by atoms with Crippen molar-refractivity contribution in [2.45, 2.75) is 26.3 Å². The molecule has 0 fully saturated rings. The number of hydrogen-bond donors (Lipinski definition) is 0. The zero-order chi connectivity index (χ0) is 11.4. The Hall–Kier alpha value is -0.580. The number of amides is 1. The molecule has 1 aromatic carbocycles. The quantitative estimate of drug-likeness (QED) is 0.784. The molecular weight excluding hydrogens is 301 g/mol. The highest BCUT2D eigenvalue weighted by molar-refractivity contribution is 14.1. The van der Waals surface area contributed by atoms with Gasteiger partial charge in [-0.05, 0) is 54.1 Å². The van der Waals surface area contributed by atoms with Crippen molar-refractivity contribution < 1.29 is 4.79 Å². The summed E-state index contributed by atoms with van der Waals surface area (Å²) in [5, 5.41) is 0. The Morgan fingerprint density at radius 1 is 1.53 bits per heavy atom. The molecule has 1 aromatic rings. The summed E-state index contributed by atoms with van der Waals surface area (Å²) in [7, 11) is 1.86. The Morgan fingerprint density at radius 2 is 2.20 bits per heavy atom. The zero-order valence-corrected chi connectivity index (χ0v) is 11.5. The van der Waals surface area contributed by atoms with Crippen LogP contribution in [0, 0.1) is 3.57 Å². The molecule has 2 nitrogen and oxygen atoms in total. The molecule has 1 amide bonds. The first-order valence-corrected chi connectivity index (χ1v) is 6.16. The molecular formula is C12H16INO. The predicted molar refractivity (Wildman–Crippen MR) is 71.0 cm³/mol. The SMILES string of the molecule is CCC(C)N(C)C(=O)c1cccc(I)c1. The van der Waals surface area contributed by atoms with Crippen molar-refractivity contribution in [3.05, 3.63) is 33.4 Å². The summed E-state index contributed by atoms with van der Waals surface area (Å²) in [4.78, 5) is 13.8. The van der Waals surface area contributed by atoms with Gasteiger partial charge in [-0.3, -0.25) is 4.79 Å². The fourth-order valence-corrected chi connectivity index (χ4v) is 1.84. The lowest BCUT2D eigenvalue weighted by Crippen LogP contribution is -2.34. The molecule has 0 saturated carbocycles. The normalized spacial score (nSPS) is 12.3. The van der Waals surface area contributed by atoms with Crippen molar-refractivity contribution in [1.29, 1.82) is 0 Å². The van der Waals surface area contributed by atoms with E-state index in [1.807, 2.05) is 31.3 Å². The van der Waals surface area contributed by atoms with Gasteiger partial charge in [0.1, 0.15) is 0 Å². The number of carbonyl (C=O) groups is 1. The van der Waals surface area contributed by atoms with Gasteiger partial charge in [0, 0.05) is 22.2 Å². The molecule has 0 bridgehead atoms. The second kappa shape index (κ2) is 5.49. The Morgan fingerprint density at radius 3 is 2.73 bits per heavy atom. The second-order valence-electron chi connectivity index (χ2n) is 3.68. The van der Waals surface area contributed by atoms with Gasteiger partial charge < -0.3 is 4.90 Å². The van der Waals surface area contributed by atoms with Crippen LogP contribution in [-0.2, 0) is 0 Å². The van der Waals surface area contributed by atoms with Gasteiger partial charge in [-0.25, -0.2) is 0 Å². The smallest absolute Gasteiger partial charge is 0.253 e. The highest BCUT2D eigenvalue weighted by atomic mass is 127. The fraction of sp³-hybridized carbons (Fsp3) is 0.417. The van der Waals surface area contributed by atoms with Crippen LogP contribution in [0.1, 0.15) is 30.6 Å². The lowest BCUT2D eigenvalue weighted by Gasteiger charge is -2.23. The summed E-state index contributed by atoms with van der Waals surface area (Å²) in [6, 6.07) is 7.97. The summed E-state index contributed by atoms with van der Waals surface area (Å²) in [6.45, 7) is 4.15. The highest BCUT2D eigenvalue weighted by Gasteiger charge is 2.15. The minimum Gasteiger partial charge on any atom is -0.339 e. The Kier molecular flexibility index (Phi) is 4.57. The van der Waals surface area contributed by atoms with Gasteiger partial charge in [-0.1, -0.05) is 13.0 Å². The number of carbonyl (C=O) groups excluding carboxylic acids is 1. The molecule has 15 heavy (non-hydrogen) atoms. The van der Waals surface area contributed by atoms with E-state index < -0.39 is 0 Å². The number of benzene rings is 1. The predicted octanol–water partition coefficient (Wildman–Crippen LogP) is 3.16. The van der Waals surface area contributed by atoms with Crippen LogP contribution in [0.4, 0.5) is 0 Å². The minimum absolute atomic E-state index is 0.0999. The average Bonchev–Trinajstić information content (AvgIpc) is 2.26. The van der Waals surface area contributed by atoms with E-state index in [0.29, 0.717) is 0 Å². The summed E-state index contributed by atoms with van der Waals surface area (Å²) in [5.41, 5.74) is 0.768. The summed E-state index contributed by atoms with van der Waals surface area (Å²) < 4.78 is 1.09. The Bertz CT molecular complexity index is 351. The fourth-order valence-electron chi connectivity index (χ4n) is 1.30. The number of nitrogens with zero attached hydrogens (tertiary/aromatic N) is 1. The average molecular weight is 317 g/mol. The summed E-state index contributed by atoms with van der Waals surface area (Å²) in [6.07, 6.45) is 0.978. The maximum absolute atomic E-state index is 12.0. The third-order valence-electron chi connectivity index (χ3n) is 2.64. The molecule has 0 aliphatic heterocycles. The first kappa shape index (κ1) is 12.5. The van der Waals surface area contributed by atoms with E-state index in [-0.39, 0.29) is 11.9 Å². The van der Waals surface area contributed by atoms with Crippen molar-refractivity contribution in [3.8, 4) is 0 Å². The van der Waals surface area contributed by atoms with Crippen LogP contribution in [0.2, 0.25) is 0 Å². The molecule has 0 aromatic heterocycles. The van der Waals surface area contributed by atoms with E-state index >= 15 is 0 Å². The van der Waals surface area contributed by atoms with Crippen molar-refractivity contribution in [3.63, 3.8) is 0 Å². The van der Waals surface area contributed by atoms with Crippen molar-refractivity contribution >= 4 is 28.5 Å². The van der Waals surface area contributed by atoms with Crippen LogP contribution < -0.4 is 0 Å². The molecule has 0 aliphatic rings. The van der Waals surface area contributed by atoms with E-state index in [2.05, 4.69) is 36.4 Å². The lowest BCUT2D eigenvalue weighted by atomic mass is 10.1. The van der Waals surface area contributed by atoms with E-state index in [1.54, 1.807) is 4.90 Å². The van der Waals surface area contributed by atoms with Crippen LogP contribution in [0.3, 0.4) is 0 Å². The summed E-state index contributed by atoms with van der Waals surface area (Å²) in [5.74, 6) is 0.0999. The molecule has 0 aliphatic carbocycles. The first-order valence-electron chi connectivity index (χ1n) is 5.09. The standard InChI is InChI=1S/C12H16INO/c1-4-9(2)14(3)12(15)10-6-5-7-11(13)8-10/h5-9H,4H2,1-3H3. The molecule has 1 rings (SSSR count). The zero-order valence-electron chi connectivity index (χ0n) is 9.33. The van der Waals surface area contributed by atoms with Gasteiger partial charge >= 0.3 is 0 Å². The molecule has 0 saturated heterocycles. The molecule has 0 N–H and O–H groups in total. The second-order valence-corrected chi connectivity index (χ2v) is 4.93. The number of halogens is 1. The maximum atomic E-state index is 12.0. The van der Waals surface area contributed by atoms with Crippen molar-refractivity contribution in [1.82, 2.24) is 4.90 Å². The molecule has 0 spiro atoms. The van der Waals surface area contributed by atoms with Crippen molar-refractivity contribution in [2.24, 2.45) is 0 Å². The maximum Gasteiger partial charge on any atom is 0.253 e. The Labute approximate surface area is 105 Å². The molecule has 1 unspecified atom stereocenters. The van der Waals surface area contributed by atoms with Crippen LogP contribution in [-0.4, -0.2) is 23.9 Å². The van der Waals surface area contributed by atoms with Gasteiger partial charge in [0.05, 0.1) is 0 Å².